The van der Waals surface area contributed by atoms with Crippen molar-refractivity contribution < 1.29 is 9.90 Å². The van der Waals surface area contributed by atoms with Gasteiger partial charge in [0.1, 0.15) is 5.75 Å². The number of carbonyl (C=O) groups is 1. The van der Waals surface area contributed by atoms with Crippen molar-refractivity contribution >= 4 is 5.91 Å². The number of phenolic OH excluding ortho intramolecular Hbond substituents is 1. The number of allylic oxidation sites excluding steroid dienone is 1. The van der Waals surface area contributed by atoms with Crippen LogP contribution in [0.15, 0.2) is 60.7 Å². The molecule has 0 saturated carbocycles. The highest BCUT2D eigenvalue weighted by Crippen LogP contribution is 2.33. The van der Waals surface area contributed by atoms with Crippen LogP contribution in [-0.2, 0) is 0 Å². The van der Waals surface area contributed by atoms with Gasteiger partial charge >= 0.3 is 0 Å². The summed E-state index contributed by atoms with van der Waals surface area (Å²) in [5, 5.41) is 10.2. The summed E-state index contributed by atoms with van der Waals surface area (Å²) >= 11 is 0. The van der Waals surface area contributed by atoms with Gasteiger partial charge in [0, 0.05) is 50.4 Å². The summed E-state index contributed by atoms with van der Waals surface area (Å²) in [7, 11) is 0. The number of nitrogens with zero attached hydrogens (tertiary/aromatic N) is 3. The molecule has 0 aromatic heterocycles. The van der Waals surface area contributed by atoms with Crippen molar-refractivity contribution in [2.75, 3.05) is 32.7 Å². The number of carbonyl (C=O) groups excluding carboxylic acids is 1. The Bertz CT molecular complexity index is 924. The van der Waals surface area contributed by atoms with Gasteiger partial charge in [0.2, 0.25) is 0 Å². The summed E-state index contributed by atoms with van der Waals surface area (Å²) in [6.45, 7) is 14.9. The van der Waals surface area contributed by atoms with E-state index in [2.05, 4.69) is 60.9 Å². The molecule has 2 aromatic carbocycles. The molecule has 1 aliphatic rings. The molecule has 1 heterocycles. The van der Waals surface area contributed by atoms with Gasteiger partial charge in [-0.1, -0.05) is 36.4 Å². The normalized spacial score (nSPS) is 20.8. The SMILES string of the molecule is C/C=C/CN1C(C)CN(C(c2ccc(C(=O)N(CC)CC)cc2)c2cccc(O)c2)CC1C. The molecule has 1 fully saturated rings. The molecule has 1 saturated heterocycles. The molecule has 1 amide bonds. The topological polar surface area (TPSA) is 47.0 Å². The second kappa shape index (κ2) is 11.5. The van der Waals surface area contributed by atoms with Crippen LogP contribution in [0.25, 0.3) is 0 Å². The summed E-state index contributed by atoms with van der Waals surface area (Å²) in [6.07, 6.45) is 4.34. The van der Waals surface area contributed by atoms with Crippen LogP contribution in [0.3, 0.4) is 0 Å². The van der Waals surface area contributed by atoms with Gasteiger partial charge in [-0.05, 0) is 70.0 Å². The van der Waals surface area contributed by atoms with Crippen LogP contribution in [-0.4, -0.2) is 70.5 Å². The first-order valence-electron chi connectivity index (χ1n) is 12.2. The standard InChI is InChI=1S/C28H39N3O2/c1-6-9-17-31-21(4)19-30(20-22(31)5)27(25-11-10-12-26(32)18-25)23-13-15-24(16-14-23)28(33)29(7-2)8-3/h6,9-16,18,21-22,27,32H,7-8,17,19-20H2,1-5H3/b9-6+. The highest BCUT2D eigenvalue weighted by atomic mass is 16.3. The van der Waals surface area contributed by atoms with E-state index in [4.69, 9.17) is 0 Å². The van der Waals surface area contributed by atoms with Gasteiger partial charge in [-0.3, -0.25) is 14.6 Å². The molecule has 3 unspecified atom stereocenters. The van der Waals surface area contributed by atoms with E-state index in [0.29, 0.717) is 25.2 Å². The molecular formula is C28H39N3O2. The van der Waals surface area contributed by atoms with Crippen LogP contribution in [0.4, 0.5) is 0 Å². The molecule has 5 heteroatoms. The zero-order chi connectivity index (χ0) is 24.0. The Morgan fingerprint density at radius 1 is 1.06 bits per heavy atom. The number of phenols is 1. The summed E-state index contributed by atoms with van der Waals surface area (Å²) in [5.74, 6) is 0.346. The predicted octanol–water partition coefficient (Wildman–Crippen LogP) is 4.93. The fraction of sp³-hybridized carbons (Fsp3) is 0.464. The second-order valence-electron chi connectivity index (χ2n) is 9.01. The average Bonchev–Trinajstić information content (AvgIpc) is 2.80. The molecule has 2 aromatic rings. The van der Waals surface area contributed by atoms with Gasteiger partial charge in [0.25, 0.3) is 5.91 Å². The van der Waals surface area contributed by atoms with Crippen molar-refractivity contribution in [1.82, 2.24) is 14.7 Å². The molecule has 3 atom stereocenters. The van der Waals surface area contributed by atoms with Crippen molar-refractivity contribution in [3.05, 3.63) is 77.4 Å². The van der Waals surface area contributed by atoms with Crippen molar-refractivity contribution in [3.63, 3.8) is 0 Å². The van der Waals surface area contributed by atoms with Crippen molar-refractivity contribution in [1.29, 1.82) is 0 Å². The highest BCUT2D eigenvalue weighted by molar-refractivity contribution is 5.94. The van der Waals surface area contributed by atoms with Gasteiger partial charge in [0.05, 0.1) is 6.04 Å². The van der Waals surface area contributed by atoms with E-state index in [9.17, 15) is 9.90 Å². The van der Waals surface area contributed by atoms with Crippen molar-refractivity contribution in [2.45, 2.75) is 52.7 Å². The number of amides is 1. The minimum absolute atomic E-state index is 0.0171. The lowest BCUT2D eigenvalue weighted by molar-refractivity contribution is 0.0322. The number of aromatic hydroxyl groups is 1. The first-order valence-corrected chi connectivity index (χ1v) is 12.2. The number of benzene rings is 2. The molecule has 5 nitrogen and oxygen atoms in total. The van der Waals surface area contributed by atoms with Crippen LogP contribution in [0, 0.1) is 0 Å². The first-order chi connectivity index (χ1) is 15.9. The number of hydrogen-bond acceptors (Lipinski definition) is 4. The zero-order valence-electron chi connectivity index (χ0n) is 20.7. The molecule has 178 valence electrons. The maximum atomic E-state index is 12.8. The molecule has 33 heavy (non-hydrogen) atoms. The molecule has 3 rings (SSSR count). The Labute approximate surface area is 199 Å². The van der Waals surface area contributed by atoms with E-state index in [1.54, 1.807) is 6.07 Å². The van der Waals surface area contributed by atoms with Crippen molar-refractivity contribution in [2.24, 2.45) is 0 Å². The third kappa shape index (κ3) is 5.84. The number of piperazine rings is 1. The van der Waals surface area contributed by atoms with Crippen molar-refractivity contribution in [3.8, 4) is 5.75 Å². The Morgan fingerprint density at radius 2 is 1.70 bits per heavy atom. The first kappa shape index (κ1) is 25.0. The maximum Gasteiger partial charge on any atom is 0.253 e. The molecular weight excluding hydrogens is 410 g/mol. The summed E-state index contributed by atoms with van der Waals surface area (Å²) in [4.78, 5) is 19.7. The molecule has 1 aliphatic heterocycles. The largest absolute Gasteiger partial charge is 0.508 e. The molecule has 0 spiro atoms. The van der Waals surface area contributed by atoms with E-state index < -0.39 is 0 Å². The van der Waals surface area contributed by atoms with Crippen LogP contribution in [0.2, 0.25) is 0 Å². The van der Waals surface area contributed by atoms with Gasteiger partial charge in [-0.15, -0.1) is 0 Å². The third-order valence-corrected chi connectivity index (χ3v) is 6.76. The average molecular weight is 450 g/mol. The monoisotopic (exact) mass is 449 g/mol. The fourth-order valence-electron chi connectivity index (χ4n) is 5.01. The lowest BCUT2D eigenvalue weighted by atomic mass is 9.93. The van der Waals surface area contributed by atoms with E-state index in [1.165, 1.54) is 0 Å². The lowest BCUT2D eigenvalue weighted by Gasteiger charge is -2.47. The molecule has 1 N–H and O–H groups in total. The van der Waals surface area contributed by atoms with Crippen LogP contribution in [0.5, 0.6) is 5.75 Å². The Kier molecular flexibility index (Phi) is 8.70. The minimum Gasteiger partial charge on any atom is -0.508 e. The van der Waals surface area contributed by atoms with Gasteiger partial charge in [0.15, 0.2) is 0 Å². The van der Waals surface area contributed by atoms with Gasteiger partial charge < -0.3 is 10.0 Å². The predicted molar refractivity (Wildman–Crippen MR) is 136 cm³/mol. The molecule has 0 aliphatic carbocycles. The highest BCUT2D eigenvalue weighted by Gasteiger charge is 2.33. The summed E-state index contributed by atoms with van der Waals surface area (Å²) in [5.41, 5.74) is 2.92. The van der Waals surface area contributed by atoms with E-state index in [0.717, 1.165) is 36.3 Å². The summed E-state index contributed by atoms with van der Waals surface area (Å²) in [6, 6.07) is 16.5. The van der Waals surface area contributed by atoms with Crippen LogP contribution in [0.1, 0.15) is 62.1 Å². The van der Waals surface area contributed by atoms with E-state index in [-0.39, 0.29) is 17.7 Å². The number of rotatable bonds is 8. The molecule has 0 bridgehead atoms. The Hall–Kier alpha value is -2.63. The maximum absolute atomic E-state index is 12.8. The summed E-state index contributed by atoms with van der Waals surface area (Å²) < 4.78 is 0. The minimum atomic E-state index is 0.0171. The van der Waals surface area contributed by atoms with Gasteiger partial charge in [-0.2, -0.15) is 0 Å². The lowest BCUT2D eigenvalue weighted by Crippen LogP contribution is -2.57. The quantitative estimate of drug-likeness (QED) is 0.580. The zero-order valence-corrected chi connectivity index (χ0v) is 20.7. The second-order valence-corrected chi connectivity index (χ2v) is 9.01. The van der Waals surface area contributed by atoms with Crippen LogP contribution < -0.4 is 0 Å². The smallest absolute Gasteiger partial charge is 0.253 e. The van der Waals surface area contributed by atoms with E-state index >= 15 is 0 Å². The Balaban J connectivity index is 1.93. The van der Waals surface area contributed by atoms with Crippen LogP contribution >= 0.6 is 0 Å². The van der Waals surface area contributed by atoms with Gasteiger partial charge in [-0.25, -0.2) is 0 Å². The molecule has 0 radical (unpaired) electrons. The third-order valence-electron chi connectivity index (χ3n) is 6.76. The fourth-order valence-corrected chi connectivity index (χ4v) is 5.01. The number of hydrogen-bond donors (Lipinski definition) is 1. The van der Waals surface area contributed by atoms with E-state index in [1.807, 2.05) is 43.0 Å². The Morgan fingerprint density at radius 3 is 2.24 bits per heavy atom.